The van der Waals surface area contributed by atoms with Gasteiger partial charge >= 0.3 is 0 Å². The summed E-state index contributed by atoms with van der Waals surface area (Å²) < 4.78 is 12.6. The number of benzene rings is 2. The molecule has 1 N–H and O–H groups in total. The number of halogens is 1. The van der Waals surface area contributed by atoms with Crippen molar-refractivity contribution in [3.05, 3.63) is 77.9 Å². The largest absolute Gasteiger partial charge is 0.494 e. The SMILES string of the molecule is CCOc1ccc(N2CC=C[C@]3(C)O[C@]45C=CCN(c6ccc(Cl)cc6)C(=O)C4N([C@@H](CO)[C@@H](C)CC)C(=O)[C@@H]5[C@@H]3C2=O)cc1. The van der Waals surface area contributed by atoms with E-state index in [0.29, 0.717) is 41.7 Å². The molecule has 4 aliphatic heterocycles. The first-order chi connectivity index (χ1) is 21.6. The van der Waals surface area contributed by atoms with Crippen LogP contribution in [-0.2, 0) is 19.1 Å². The average molecular weight is 634 g/mol. The van der Waals surface area contributed by atoms with E-state index >= 15 is 0 Å². The Morgan fingerprint density at radius 2 is 1.51 bits per heavy atom. The molecule has 7 atom stereocenters. The van der Waals surface area contributed by atoms with Crippen molar-refractivity contribution in [2.24, 2.45) is 17.8 Å². The third-order valence-electron chi connectivity index (χ3n) is 9.94. The summed E-state index contributed by atoms with van der Waals surface area (Å²) in [5, 5.41) is 11.2. The van der Waals surface area contributed by atoms with Crippen molar-refractivity contribution in [1.82, 2.24) is 4.90 Å². The van der Waals surface area contributed by atoms with Gasteiger partial charge in [0.2, 0.25) is 11.8 Å². The van der Waals surface area contributed by atoms with Crippen molar-refractivity contribution in [3.8, 4) is 5.75 Å². The van der Waals surface area contributed by atoms with Crippen LogP contribution < -0.4 is 14.5 Å². The van der Waals surface area contributed by atoms with Crippen molar-refractivity contribution in [3.63, 3.8) is 0 Å². The van der Waals surface area contributed by atoms with E-state index in [1.54, 1.807) is 34.1 Å². The third-order valence-corrected chi connectivity index (χ3v) is 10.2. The summed E-state index contributed by atoms with van der Waals surface area (Å²) in [6.07, 6.45) is 8.10. The van der Waals surface area contributed by atoms with E-state index in [0.717, 1.165) is 0 Å². The maximum Gasteiger partial charge on any atom is 0.253 e. The van der Waals surface area contributed by atoms with Crippen molar-refractivity contribution >= 4 is 40.7 Å². The molecule has 10 heteroatoms. The number of rotatable bonds is 8. The first-order valence-corrected chi connectivity index (χ1v) is 16.1. The minimum absolute atomic E-state index is 0.115. The zero-order chi connectivity index (χ0) is 32.1. The quantitative estimate of drug-likeness (QED) is 0.426. The molecular formula is C35H40ClN3O6. The number of hydrogen-bond acceptors (Lipinski definition) is 6. The lowest BCUT2D eigenvalue weighted by Gasteiger charge is -2.41. The minimum atomic E-state index is -1.43. The topological polar surface area (TPSA) is 99.6 Å². The fourth-order valence-electron chi connectivity index (χ4n) is 7.61. The molecule has 9 nitrogen and oxygen atoms in total. The number of likely N-dealkylation sites (tertiary alicyclic amines) is 1. The molecule has 2 aromatic rings. The fraction of sp³-hybridized carbons (Fsp3) is 0.457. The maximum absolute atomic E-state index is 14.8. The molecule has 45 heavy (non-hydrogen) atoms. The van der Waals surface area contributed by atoms with Gasteiger partial charge in [0.1, 0.15) is 17.4 Å². The van der Waals surface area contributed by atoms with E-state index in [9.17, 15) is 19.5 Å². The van der Waals surface area contributed by atoms with Gasteiger partial charge in [-0.15, -0.1) is 0 Å². The maximum atomic E-state index is 14.8. The Morgan fingerprint density at radius 1 is 0.911 bits per heavy atom. The number of fused-ring (bicyclic) bond motifs is 2. The summed E-state index contributed by atoms with van der Waals surface area (Å²) in [6, 6.07) is 12.5. The molecule has 0 radical (unpaired) electrons. The monoisotopic (exact) mass is 633 g/mol. The van der Waals surface area contributed by atoms with Crippen LogP contribution in [0.2, 0.25) is 5.02 Å². The summed E-state index contributed by atoms with van der Waals surface area (Å²) in [5.74, 6) is -2.28. The Balaban J connectivity index is 1.47. The van der Waals surface area contributed by atoms with Gasteiger partial charge in [-0.2, -0.15) is 0 Å². The predicted molar refractivity (Wildman–Crippen MR) is 172 cm³/mol. The standard InChI is InChI=1S/C35H40ClN3O6/c1-5-22(3)27(21-40)39-30-33(43)38(24-11-9-23(36)10-12-24)20-8-18-35(30)29(32(39)42)28-31(41)37(19-7-17-34(28,4)45-35)25-13-15-26(16-14-25)44-6-2/h7-18,22,27-30,40H,5-6,19-21H2,1-4H3/t22-,27-,28+,29-,30?,34-,35-/m0/s1. The molecule has 0 aliphatic carbocycles. The normalized spacial score (nSPS) is 30.5. The van der Waals surface area contributed by atoms with Crippen LogP contribution in [0.3, 0.4) is 0 Å². The number of ether oxygens (including phenoxy) is 2. The summed E-state index contributed by atoms with van der Waals surface area (Å²) in [7, 11) is 0. The molecule has 0 bridgehead atoms. The van der Waals surface area contributed by atoms with Gasteiger partial charge in [-0.1, -0.05) is 56.2 Å². The number of anilines is 2. The van der Waals surface area contributed by atoms with Crippen LogP contribution in [0.15, 0.2) is 72.8 Å². The molecule has 1 unspecified atom stereocenters. The zero-order valence-electron chi connectivity index (χ0n) is 26.1. The molecule has 6 rings (SSSR count). The number of carbonyl (C=O) groups is 3. The van der Waals surface area contributed by atoms with Crippen LogP contribution in [0.4, 0.5) is 11.4 Å². The molecule has 2 fully saturated rings. The summed E-state index contributed by atoms with van der Waals surface area (Å²) in [6.45, 7) is 8.43. The fourth-order valence-corrected chi connectivity index (χ4v) is 7.73. The van der Waals surface area contributed by atoms with E-state index in [-0.39, 0.29) is 36.8 Å². The lowest BCUT2D eigenvalue weighted by Crippen LogP contribution is -2.60. The first kappa shape index (κ1) is 31.3. The molecule has 4 heterocycles. The van der Waals surface area contributed by atoms with Crippen molar-refractivity contribution in [1.29, 1.82) is 0 Å². The van der Waals surface area contributed by atoms with Gasteiger partial charge in [-0.25, -0.2) is 0 Å². The van der Waals surface area contributed by atoms with Gasteiger partial charge < -0.3 is 29.3 Å². The summed E-state index contributed by atoms with van der Waals surface area (Å²) in [4.78, 5) is 49.0. The van der Waals surface area contributed by atoms with Gasteiger partial charge in [-0.05, 0) is 68.3 Å². The molecule has 0 saturated carbocycles. The van der Waals surface area contributed by atoms with E-state index in [2.05, 4.69) is 0 Å². The number of aliphatic hydroxyl groups excluding tert-OH is 1. The zero-order valence-corrected chi connectivity index (χ0v) is 26.8. The van der Waals surface area contributed by atoms with Crippen LogP contribution in [0.1, 0.15) is 34.1 Å². The highest BCUT2D eigenvalue weighted by atomic mass is 35.5. The van der Waals surface area contributed by atoms with Crippen LogP contribution in [0, 0.1) is 17.8 Å². The highest BCUT2D eigenvalue weighted by molar-refractivity contribution is 6.30. The molecule has 2 aromatic carbocycles. The lowest BCUT2D eigenvalue weighted by atomic mass is 9.74. The van der Waals surface area contributed by atoms with Crippen molar-refractivity contribution in [2.75, 3.05) is 36.1 Å². The van der Waals surface area contributed by atoms with Crippen LogP contribution in [0.25, 0.3) is 0 Å². The minimum Gasteiger partial charge on any atom is -0.494 e. The average Bonchev–Trinajstić information content (AvgIpc) is 3.30. The first-order valence-electron chi connectivity index (χ1n) is 15.7. The number of carbonyl (C=O) groups excluding carboxylic acids is 3. The Morgan fingerprint density at radius 3 is 2.11 bits per heavy atom. The van der Waals surface area contributed by atoms with Gasteiger partial charge in [0.15, 0.2) is 0 Å². The molecule has 238 valence electrons. The van der Waals surface area contributed by atoms with Gasteiger partial charge in [0.05, 0.1) is 36.7 Å². The number of hydrogen-bond donors (Lipinski definition) is 1. The summed E-state index contributed by atoms with van der Waals surface area (Å²) in [5.41, 5.74) is -1.29. The van der Waals surface area contributed by atoms with Crippen molar-refractivity contribution in [2.45, 2.75) is 57.4 Å². The van der Waals surface area contributed by atoms with E-state index in [4.69, 9.17) is 21.1 Å². The number of nitrogens with zero attached hydrogens (tertiary/aromatic N) is 3. The molecule has 1 spiro atoms. The highest BCUT2D eigenvalue weighted by Gasteiger charge is 2.75. The van der Waals surface area contributed by atoms with Crippen LogP contribution in [-0.4, -0.2) is 77.3 Å². The Hall–Kier alpha value is -3.66. The molecular weight excluding hydrogens is 594 g/mol. The van der Waals surface area contributed by atoms with Crippen molar-refractivity contribution < 1.29 is 29.0 Å². The highest BCUT2D eigenvalue weighted by Crippen LogP contribution is 2.58. The predicted octanol–water partition coefficient (Wildman–Crippen LogP) is 4.62. The van der Waals surface area contributed by atoms with Crippen LogP contribution >= 0.6 is 11.6 Å². The molecule has 2 saturated heterocycles. The van der Waals surface area contributed by atoms with Crippen LogP contribution in [0.5, 0.6) is 5.75 Å². The second-order valence-electron chi connectivity index (χ2n) is 12.5. The Kier molecular flexibility index (Phi) is 8.31. The van der Waals surface area contributed by atoms with E-state index in [1.807, 2.05) is 76.3 Å². The second-order valence-corrected chi connectivity index (χ2v) is 12.9. The summed E-state index contributed by atoms with van der Waals surface area (Å²) >= 11 is 6.16. The van der Waals surface area contributed by atoms with Gasteiger partial charge in [0.25, 0.3) is 5.91 Å². The third kappa shape index (κ3) is 4.96. The molecule has 3 amide bonds. The lowest BCUT2D eigenvalue weighted by molar-refractivity contribution is -0.149. The van der Waals surface area contributed by atoms with E-state index in [1.165, 1.54) is 4.90 Å². The smallest absolute Gasteiger partial charge is 0.253 e. The Labute approximate surface area is 269 Å². The molecule has 0 aromatic heterocycles. The number of amides is 3. The van der Waals surface area contributed by atoms with Gasteiger partial charge in [-0.3, -0.25) is 14.4 Å². The van der Waals surface area contributed by atoms with E-state index < -0.39 is 35.1 Å². The Bertz CT molecular complexity index is 1530. The number of aliphatic hydroxyl groups is 1. The molecule has 4 aliphatic rings. The second kappa shape index (κ2) is 11.9. The van der Waals surface area contributed by atoms with Gasteiger partial charge in [0, 0.05) is 29.5 Å².